The highest BCUT2D eigenvalue weighted by Crippen LogP contribution is 2.33. The topological polar surface area (TPSA) is 44.1 Å². The van der Waals surface area contributed by atoms with Gasteiger partial charge in [0.05, 0.1) is 18.1 Å². The lowest BCUT2D eigenvalue weighted by atomic mass is 10.1. The van der Waals surface area contributed by atoms with Gasteiger partial charge in [0.2, 0.25) is 0 Å². The van der Waals surface area contributed by atoms with Crippen LogP contribution in [-0.4, -0.2) is 23.4 Å². The Bertz CT molecular complexity index is 588. The molecule has 1 fully saturated rings. The predicted octanol–water partition coefficient (Wildman–Crippen LogP) is 3.36. The molecule has 1 amide bonds. The lowest BCUT2D eigenvalue weighted by Gasteiger charge is -2.21. The van der Waals surface area contributed by atoms with Crippen LogP contribution in [0.15, 0.2) is 18.2 Å². The van der Waals surface area contributed by atoms with E-state index in [0.29, 0.717) is 12.1 Å². The van der Waals surface area contributed by atoms with Crippen molar-refractivity contribution >= 4 is 5.91 Å². The van der Waals surface area contributed by atoms with Crippen LogP contribution in [0.3, 0.4) is 0 Å². The first-order valence-electron chi connectivity index (χ1n) is 6.39. The van der Waals surface area contributed by atoms with Gasteiger partial charge in [-0.25, -0.2) is 4.39 Å². The number of halogens is 4. The molecule has 1 aromatic carbocycles. The van der Waals surface area contributed by atoms with Crippen LogP contribution in [0, 0.1) is 17.1 Å². The van der Waals surface area contributed by atoms with Crippen molar-refractivity contribution in [3.8, 4) is 6.07 Å². The second-order valence-electron chi connectivity index (χ2n) is 4.83. The second kappa shape index (κ2) is 5.72. The van der Waals surface area contributed by atoms with Gasteiger partial charge in [0.15, 0.2) is 0 Å². The van der Waals surface area contributed by atoms with Gasteiger partial charge in [-0.3, -0.25) is 4.79 Å². The maximum atomic E-state index is 13.2. The van der Waals surface area contributed by atoms with Crippen LogP contribution in [0.4, 0.5) is 17.6 Å². The highest BCUT2D eigenvalue weighted by Gasteiger charge is 2.37. The van der Waals surface area contributed by atoms with Crippen molar-refractivity contribution in [2.75, 3.05) is 6.54 Å². The molecule has 0 saturated heterocycles. The van der Waals surface area contributed by atoms with Gasteiger partial charge in [-0.15, -0.1) is 0 Å². The molecule has 0 spiro atoms. The van der Waals surface area contributed by atoms with Crippen LogP contribution in [0.1, 0.15) is 35.2 Å². The molecule has 0 radical (unpaired) electrons. The van der Waals surface area contributed by atoms with E-state index < -0.39 is 23.5 Å². The normalized spacial score (nSPS) is 14.6. The fraction of sp³-hybridized carbons (Fsp3) is 0.429. The third-order valence-electron chi connectivity index (χ3n) is 3.23. The van der Waals surface area contributed by atoms with Crippen LogP contribution >= 0.6 is 0 Å². The van der Waals surface area contributed by atoms with Gasteiger partial charge in [0.1, 0.15) is 5.82 Å². The molecule has 0 bridgehead atoms. The fourth-order valence-corrected chi connectivity index (χ4v) is 2.05. The van der Waals surface area contributed by atoms with Crippen LogP contribution in [0.2, 0.25) is 0 Å². The van der Waals surface area contributed by atoms with E-state index in [1.165, 1.54) is 4.90 Å². The van der Waals surface area contributed by atoms with E-state index in [1.807, 2.05) is 6.07 Å². The Kier molecular flexibility index (Phi) is 4.16. The summed E-state index contributed by atoms with van der Waals surface area (Å²) >= 11 is 0. The van der Waals surface area contributed by atoms with E-state index in [0.717, 1.165) is 18.9 Å². The van der Waals surface area contributed by atoms with Crippen molar-refractivity contribution < 1.29 is 22.4 Å². The number of nitriles is 1. The summed E-state index contributed by atoms with van der Waals surface area (Å²) in [6.45, 7) is 0.165. The quantitative estimate of drug-likeness (QED) is 0.800. The van der Waals surface area contributed by atoms with E-state index in [9.17, 15) is 22.4 Å². The standard InChI is InChI=1S/C14H12F4N2O/c15-12-5-2-9(8-11(12)14(16,17)18)13(21)20(7-1-6-19)10-3-4-10/h2,5,8,10H,1,3-4,7H2. The Morgan fingerprint density at radius 3 is 2.57 bits per heavy atom. The summed E-state index contributed by atoms with van der Waals surface area (Å²) in [5, 5.41) is 8.57. The number of carbonyl (C=O) groups is 1. The Hall–Kier alpha value is -2.10. The predicted molar refractivity (Wildman–Crippen MR) is 65.7 cm³/mol. The molecule has 1 aliphatic rings. The van der Waals surface area contributed by atoms with Gasteiger partial charge in [-0.2, -0.15) is 18.4 Å². The highest BCUT2D eigenvalue weighted by atomic mass is 19.4. The first kappa shape index (κ1) is 15.3. The summed E-state index contributed by atoms with van der Waals surface area (Å²) in [6, 6.07) is 4.07. The Morgan fingerprint density at radius 2 is 2.05 bits per heavy atom. The van der Waals surface area contributed by atoms with Gasteiger partial charge in [-0.1, -0.05) is 0 Å². The number of hydrogen-bond acceptors (Lipinski definition) is 2. The third kappa shape index (κ3) is 3.51. The average Bonchev–Trinajstić information content (AvgIpc) is 3.22. The summed E-state index contributed by atoms with van der Waals surface area (Å²) in [4.78, 5) is 13.6. The number of nitrogens with zero attached hydrogens (tertiary/aromatic N) is 2. The molecule has 21 heavy (non-hydrogen) atoms. The average molecular weight is 300 g/mol. The van der Waals surface area contributed by atoms with Crippen molar-refractivity contribution in [3.05, 3.63) is 35.1 Å². The van der Waals surface area contributed by atoms with E-state index in [4.69, 9.17) is 5.26 Å². The number of hydrogen-bond donors (Lipinski definition) is 0. The first-order chi connectivity index (χ1) is 9.84. The maximum Gasteiger partial charge on any atom is 0.419 e. The van der Waals surface area contributed by atoms with Crippen molar-refractivity contribution in [2.45, 2.75) is 31.5 Å². The van der Waals surface area contributed by atoms with Crippen molar-refractivity contribution in [2.24, 2.45) is 0 Å². The smallest absolute Gasteiger partial charge is 0.335 e. The summed E-state index contributed by atoms with van der Waals surface area (Å²) < 4.78 is 51.2. The summed E-state index contributed by atoms with van der Waals surface area (Å²) in [7, 11) is 0. The van der Waals surface area contributed by atoms with Crippen molar-refractivity contribution in [1.82, 2.24) is 4.90 Å². The maximum absolute atomic E-state index is 13.2. The molecule has 1 aromatic rings. The van der Waals surface area contributed by atoms with E-state index in [2.05, 4.69) is 0 Å². The number of rotatable bonds is 4. The molecule has 1 aliphatic carbocycles. The molecule has 0 aliphatic heterocycles. The zero-order valence-electron chi connectivity index (χ0n) is 11.0. The number of amides is 1. The lowest BCUT2D eigenvalue weighted by Crippen LogP contribution is -2.34. The molecule has 3 nitrogen and oxygen atoms in total. The van der Waals surface area contributed by atoms with Crippen LogP contribution in [-0.2, 0) is 6.18 Å². The minimum atomic E-state index is -4.85. The van der Waals surface area contributed by atoms with Gasteiger partial charge in [-0.05, 0) is 31.0 Å². The van der Waals surface area contributed by atoms with Crippen LogP contribution < -0.4 is 0 Å². The first-order valence-corrected chi connectivity index (χ1v) is 6.39. The summed E-state index contributed by atoms with van der Waals surface area (Å²) in [5.74, 6) is -2.01. The Morgan fingerprint density at radius 1 is 1.38 bits per heavy atom. The molecule has 0 unspecified atom stereocenters. The number of alkyl halides is 3. The molecular weight excluding hydrogens is 288 g/mol. The van der Waals surface area contributed by atoms with E-state index >= 15 is 0 Å². The molecule has 112 valence electrons. The molecule has 0 atom stereocenters. The van der Waals surface area contributed by atoms with Crippen molar-refractivity contribution in [1.29, 1.82) is 5.26 Å². The van der Waals surface area contributed by atoms with Gasteiger partial charge in [0, 0.05) is 18.2 Å². The molecule has 0 N–H and O–H groups in total. The molecule has 0 heterocycles. The van der Waals surface area contributed by atoms with E-state index in [1.54, 1.807) is 0 Å². The molecular formula is C14H12F4N2O. The second-order valence-corrected chi connectivity index (χ2v) is 4.83. The van der Waals surface area contributed by atoms with Gasteiger partial charge < -0.3 is 4.90 Å². The molecule has 1 saturated carbocycles. The fourth-order valence-electron chi connectivity index (χ4n) is 2.05. The lowest BCUT2D eigenvalue weighted by molar-refractivity contribution is -0.140. The number of benzene rings is 1. The number of carbonyl (C=O) groups excluding carboxylic acids is 1. The van der Waals surface area contributed by atoms with Crippen molar-refractivity contribution in [3.63, 3.8) is 0 Å². The Labute approximate surface area is 118 Å². The molecule has 2 rings (SSSR count). The zero-order chi connectivity index (χ0) is 15.6. The zero-order valence-corrected chi connectivity index (χ0v) is 11.0. The summed E-state index contributed by atoms with van der Waals surface area (Å²) in [6.07, 6.45) is -3.21. The van der Waals surface area contributed by atoms with Crippen LogP contribution in [0.5, 0.6) is 0 Å². The monoisotopic (exact) mass is 300 g/mol. The largest absolute Gasteiger partial charge is 0.419 e. The summed E-state index contributed by atoms with van der Waals surface area (Å²) in [5.41, 5.74) is -1.67. The molecule has 7 heteroatoms. The molecule has 0 aromatic heterocycles. The highest BCUT2D eigenvalue weighted by molar-refractivity contribution is 5.94. The Balaban J connectivity index is 2.28. The minimum Gasteiger partial charge on any atom is -0.335 e. The van der Waals surface area contributed by atoms with Gasteiger partial charge >= 0.3 is 6.18 Å². The van der Waals surface area contributed by atoms with Crippen LogP contribution in [0.25, 0.3) is 0 Å². The third-order valence-corrected chi connectivity index (χ3v) is 3.23. The SMILES string of the molecule is N#CCCN(C(=O)c1ccc(F)c(C(F)(F)F)c1)C1CC1. The minimum absolute atomic E-state index is 0.0368. The van der Waals surface area contributed by atoms with E-state index in [-0.39, 0.29) is 24.6 Å². The van der Waals surface area contributed by atoms with Gasteiger partial charge in [0.25, 0.3) is 5.91 Å².